The first-order chi connectivity index (χ1) is 19.5. The van der Waals surface area contributed by atoms with Crippen LogP contribution in [0.3, 0.4) is 0 Å². The van der Waals surface area contributed by atoms with E-state index < -0.39 is 39.7 Å². The van der Waals surface area contributed by atoms with E-state index in [0.717, 1.165) is 40.7 Å². The number of nitrogens with one attached hydrogen (secondary N) is 2. The number of anilines is 1. The van der Waals surface area contributed by atoms with Gasteiger partial charge in [0.15, 0.2) is 0 Å². The molecular weight excluding hydrogens is 588 g/mol. The van der Waals surface area contributed by atoms with Crippen molar-refractivity contribution < 1.29 is 31.8 Å². The Balaban J connectivity index is 0.00000616. The van der Waals surface area contributed by atoms with Crippen LogP contribution in [-0.2, 0) is 34.1 Å². The molecule has 0 aliphatic rings. The first-order valence-electron chi connectivity index (χ1n) is 13.3. The van der Waals surface area contributed by atoms with Gasteiger partial charge in [-0.3, -0.25) is 9.10 Å². The SMILES string of the molecule is CCc1cccc(CNC[C@H](O)[C@H](Cc2cc(F)cc(F)c2)NC(=O)c2cccc(N(CCOC)S(C)(=O)=O)c2)c1.Cl. The maximum Gasteiger partial charge on any atom is 0.251 e. The second kappa shape index (κ2) is 16.5. The van der Waals surface area contributed by atoms with Gasteiger partial charge in [-0.15, -0.1) is 12.4 Å². The number of halogens is 3. The fourth-order valence-electron chi connectivity index (χ4n) is 4.45. The average Bonchev–Trinajstić information content (AvgIpc) is 2.92. The molecule has 0 radical (unpaired) electrons. The number of amides is 1. The van der Waals surface area contributed by atoms with Crippen molar-refractivity contribution in [3.8, 4) is 0 Å². The van der Waals surface area contributed by atoms with E-state index in [0.29, 0.717) is 6.54 Å². The third-order valence-corrected chi connectivity index (χ3v) is 7.73. The summed E-state index contributed by atoms with van der Waals surface area (Å²) in [4.78, 5) is 13.3. The molecule has 3 rings (SSSR count). The normalized spacial score (nSPS) is 12.7. The highest BCUT2D eigenvalue weighted by Gasteiger charge is 2.24. The second-order valence-electron chi connectivity index (χ2n) is 9.81. The van der Waals surface area contributed by atoms with Crippen LogP contribution in [0.1, 0.15) is 34.0 Å². The number of carbonyl (C=O) groups excluding carboxylic acids is 1. The van der Waals surface area contributed by atoms with Gasteiger partial charge in [-0.25, -0.2) is 17.2 Å². The number of benzene rings is 3. The number of nitrogens with zero attached hydrogens (tertiary/aromatic N) is 1. The fourth-order valence-corrected chi connectivity index (χ4v) is 5.35. The first-order valence-corrected chi connectivity index (χ1v) is 15.1. The Morgan fingerprint density at radius 3 is 2.31 bits per heavy atom. The number of ether oxygens (including phenoxy) is 1. The van der Waals surface area contributed by atoms with Gasteiger partial charge < -0.3 is 20.5 Å². The molecule has 3 aromatic carbocycles. The Hall–Kier alpha value is -3.09. The second-order valence-corrected chi connectivity index (χ2v) is 11.7. The number of aryl methyl sites for hydroxylation is 1. The molecule has 0 fully saturated rings. The van der Waals surface area contributed by atoms with Crippen LogP contribution in [0.15, 0.2) is 66.7 Å². The molecule has 0 bridgehead atoms. The highest BCUT2D eigenvalue weighted by molar-refractivity contribution is 7.92. The lowest BCUT2D eigenvalue weighted by Gasteiger charge is -2.26. The molecule has 0 spiro atoms. The molecule has 3 N–H and O–H groups in total. The van der Waals surface area contributed by atoms with Gasteiger partial charge in [-0.1, -0.05) is 37.3 Å². The molecule has 8 nitrogen and oxygen atoms in total. The molecule has 42 heavy (non-hydrogen) atoms. The summed E-state index contributed by atoms with van der Waals surface area (Å²) in [7, 11) is -2.20. The predicted molar refractivity (Wildman–Crippen MR) is 163 cm³/mol. The number of aliphatic hydroxyl groups is 1. The lowest BCUT2D eigenvalue weighted by Crippen LogP contribution is -2.48. The number of hydrogen-bond acceptors (Lipinski definition) is 6. The average molecular weight is 626 g/mol. The molecule has 0 aliphatic carbocycles. The van der Waals surface area contributed by atoms with Crippen molar-refractivity contribution in [1.29, 1.82) is 0 Å². The largest absolute Gasteiger partial charge is 0.390 e. The van der Waals surface area contributed by atoms with Crippen LogP contribution >= 0.6 is 12.4 Å². The maximum absolute atomic E-state index is 13.9. The zero-order valence-corrected chi connectivity index (χ0v) is 25.5. The summed E-state index contributed by atoms with van der Waals surface area (Å²) in [6.45, 7) is 2.84. The summed E-state index contributed by atoms with van der Waals surface area (Å²) in [6.07, 6.45) is 0.796. The van der Waals surface area contributed by atoms with E-state index in [9.17, 15) is 27.1 Å². The quantitative estimate of drug-likeness (QED) is 0.237. The Morgan fingerprint density at radius 2 is 1.67 bits per heavy atom. The van der Waals surface area contributed by atoms with Crippen molar-refractivity contribution in [2.75, 3.05) is 37.4 Å². The zero-order chi connectivity index (χ0) is 30.0. The summed E-state index contributed by atoms with van der Waals surface area (Å²) in [5, 5.41) is 17.0. The molecule has 0 heterocycles. The molecule has 0 aromatic heterocycles. The Labute approximate surface area is 252 Å². The highest BCUT2D eigenvalue weighted by Crippen LogP contribution is 2.20. The van der Waals surface area contributed by atoms with Gasteiger partial charge in [0.25, 0.3) is 5.91 Å². The Kier molecular flexibility index (Phi) is 13.8. The Morgan fingerprint density at radius 1 is 1.00 bits per heavy atom. The van der Waals surface area contributed by atoms with Gasteiger partial charge in [0.1, 0.15) is 11.6 Å². The summed E-state index contributed by atoms with van der Waals surface area (Å²) in [5.41, 5.74) is 2.91. The molecular formula is C30H38ClF2N3O5S. The van der Waals surface area contributed by atoms with Gasteiger partial charge in [0.05, 0.1) is 37.2 Å². The third-order valence-electron chi connectivity index (χ3n) is 6.54. The van der Waals surface area contributed by atoms with Gasteiger partial charge >= 0.3 is 0 Å². The van der Waals surface area contributed by atoms with E-state index in [1.54, 1.807) is 12.1 Å². The van der Waals surface area contributed by atoms with Crippen LogP contribution < -0.4 is 14.9 Å². The van der Waals surface area contributed by atoms with Crippen molar-refractivity contribution in [3.63, 3.8) is 0 Å². The van der Waals surface area contributed by atoms with E-state index in [1.165, 1.54) is 24.8 Å². The Bertz CT molecular complexity index is 1410. The van der Waals surface area contributed by atoms with Crippen molar-refractivity contribution in [2.24, 2.45) is 0 Å². The van der Waals surface area contributed by atoms with Crippen LogP contribution in [0.4, 0.5) is 14.5 Å². The monoisotopic (exact) mass is 625 g/mol. The maximum atomic E-state index is 13.9. The van der Waals surface area contributed by atoms with Crippen LogP contribution in [0.2, 0.25) is 0 Å². The summed E-state index contributed by atoms with van der Waals surface area (Å²) in [6, 6.07) is 16.2. The van der Waals surface area contributed by atoms with Gasteiger partial charge in [0.2, 0.25) is 10.0 Å². The van der Waals surface area contributed by atoms with Crippen molar-refractivity contribution in [1.82, 2.24) is 10.6 Å². The molecule has 230 valence electrons. The number of carbonyl (C=O) groups is 1. The summed E-state index contributed by atoms with van der Waals surface area (Å²) in [5.74, 6) is -2.11. The number of rotatable bonds is 15. The standard InChI is InChI=1S/C30H37F2N3O5S.ClH/c1-4-21-7-5-8-22(13-21)19-33-20-29(36)28(16-23-14-25(31)18-26(32)15-23)34-30(37)24-9-6-10-27(17-24)35(11-12-40-2)41(3,38)39;/h5-10,13-15,17-18,28-29,33,36H,4,11-12,16,19-20H2,1-3H3,(H,34,37);1H/t28-,29-;/m0./s1. The number of sulfonamides is 1. The molecule has 2 atom stereocenters. The number of aliphatic hydroxyl groups excluding tert-OH is 1. The van der Waals surface area contributed by atoms with E-state index in [4.69, 9.17) is 4.74 Å². The minimum absolute atomic E-state index is 0. The van der Waals surface area contributed by atoms with Gasteiger partial charge in [-0.05, 0) is 59.9 Å². The van der Waals surface area contributed by atoms with E-state index in [-0.39, 0.29) is 55.3 Å². The third kappa shape index (κ3) is 10.6. The van der Waals surface area contributed by atoms with Crippen LogP contribution in [0.5, 0.6) is 0 Å². The minimum atomic E-state index is -3.65. The molecule has 0 saturated carbocycles. The van der Waals surface area contributed by atoms with Crippen molar-refractivity contribution in [2.45, 2.75) is 38.5 Å². The van der Waals surface area contributed by atoms with Crippen LogP contribution in [0.25, 0.3) is 0 Å². The lowest BCUT2D eigenvalue weighted by molar-refractivity contribution is 0.0830. The highest BCUT2D eigenvalue weighted by atomic mass is 35.5. The summed E-state index contributed by atoms with van der Waals surface area (Å²) < 4.78 is 58.7. The first kappa shape index (κ1) is 35.1. The van der Waals surface area contributed by atoms with Gasteiger partial charge in [-0.2, -0.15) is 0 Å². The number of methoxy groups -OCH3 is 1. The molecule has 0 aliphatic heterocycles. The molecule has 3 aromatic rings. The fraction of sp³-hybridized carbons (Fsp3) is 0.367. The molecule has 0 unspecified atom stereocenters. The van der Waals surface area contributed by atoms with E-state index >= 15 is 0 Å². The van der Waals surface area contributed by atoms with Crippen molar-refractivity contribution >= 4 is 34.0 Å². The molecule has 1 amide bonds. The van der Waals surface area contributed by atoms with Gasteiger partial charge in [0, 0.05) is 31.8 Å². The summed E-state index contributed by atoms with van der Waals surface area (Å²) >= 11 is 0. The van der Waals surface area contributed by atoms with Crippen LogP contribution in [0, 0.1) is 11.6 Å². The van der Waals surface area contributed by atoms with E-state index in [1.807, 2.05) is 18.2 Å². The zero-order valence-electron chi connectivity index (χ0n) is 23.8. The smallest absolute Gasteiger partial charge is 0.251 e. The van der Waals surface area contributed by atoms with E-state index in [2.05, 4.69) is 23.6 Å². The minimum Gasteiger partial charge on any atom is -0.390 e. The lowest BCUT2D eigenvalue weighted by atomic mass is 10.00. The molecule has 12 heteroatoms. The predicted octanol–water partition coefficient (Wildman–Crippen LogP) is 3.85. The number of hydrogen-bond donors (Lipinski definition) is 3. The molecule has 0 saturated heterocycles. The van der Waals surface area contributed by atoms with Crippen molar-refractivity contribution in [3.05, 3.63) is 101 Å². The topological polar surface area (TPSA) is 108 Å². The van der Waals surface area contributed by atoms with Crippen LogP contribution in [-0.4, -0.2) is 64.6 Å².